The molecule has 1 aliphatic heterocycles. The van der Waals surface area contributed by atoms with Gasteiger partial charge in [-0.15, -0.1) is 0 Å². The predicted molar refractivity (Wildman–Crippen MR) is 77.8 cm³/mol. The quantitative estimate of drug-likeness (QED) is 0.826. The van der Waals surface area contributed by atoms with E-state index in [2.05, 4.69) is 22.9 Å². The van der Waals surface area contributed by atoms with Gasteiger partial charge in [-0.25, -0.2) is 0 Å². The number of carbonyl (C=O) groups is 1. The van der Waals surface area contributed by atoms with Gasteiger partial charge in [-0.1, -0.05) is 19.4 Å². The molecule has 1 atom stereocenters. The van der Waals surface area contributed by atoms with Gasteiger partial charge in [0.15, 0.2) is 0 Å². The van der Waals surface area contributed by atoms with Gasteiger partial charge >= 0.3 is 0 Å². The number of rotatable bonds is 3. The van der Waals surface area contributed by atoms with Crippen LogP contribution in [0, 0.1) is 12.8 Å². The number of halogens is 1. The van der Waals surface area contributed by atoms with Crippen LogP contribution in [0.5, 0.6) is 0 Å². The van der Waals surface area contributed by atoms with E-state index in [1.165, 1.54) is 18.4 Å². The lowest BCUT2D eigenvalue weighted by Gasteiger charge is -2.17. The van der Waals surface area contributed by atoms with E-state index in [0.29, 0.717) is 5.92 Å². The Hall–Kier alpha value is -0.830. The lowest BCUT2D eigenvalue weighted by Crippen LogP contribution is -2.29. The highest BCUT2D eigenvalue weighted by Crippen LogP contribution is 2.25. The van der Waals surface area contributed by atoms with Gasteiger partial charge in [0.05, 0.1) is 5.56 Å². The van der Waals surface area contributed by atoms with Crippen LogP contribution in [0.4, 0.5) is 0 Å². The molecule has 2 rings (SSSR count). The zero-order chi connectivity index (χ0) is 13.1. The highest BCUT2D eigenvalue weighted by molar-refractivity contribution is 9.10. The molecule has 2 nitrogen and oxygen atoms in total. The van der Waals surface area contributed by atoms with E-state index in [0.717, 1.165) is 29.5 Å². The summed E-state index contributed by atoms with van der Waals surface area (Å²) in [5.41, 5.74) is 1.96. The van der Waals surface area contributed by atoms with Crippen molar-refractivity contribution in [3.8, 4) is 0 Å². The molecule has 1 unspecified atom stereocenters. The summed E-state index contributed by atoms with van der Waals surface area (Å²) >= 11 is 3.49. The van der Waals surface area contributed by atoms with Crippen molar-refractivity contribution in [3.63, 3.8) is 0 Å². The SMILES string of the molecule is CCCC1CCN(C(=O)c2ccc(C)cc2Br)C1. The van der Waals surface area contributed by atoms with Crippen molar-refractivity contribution < 1.29 is 4.79 Å². The maximum Gasteiger partial charge on any atom is 0.255 e. The van der Waals surface area contributed by atoms with Crippen LogP contribution < -0.4 is 0 Å². The maximum atomic E-state index is 12.4. The molecule has 1 amide bonds. The first kappa shape index (κ1) is 13.6. The summed E-state index contributed by atoms with van der Waals surface area (Å²) in [4.78, 5) is 14.4. The topological polar surface area (TPSA) is 20.3 Å². The minimum Gasteiger partial charge on any atom is -0.338 e. The predicted octanol–water partition coefficient (Wildman–Crippen LogP) is 4.02. The number of aryl methyl sites for hydroxylation is 1. The van der Waals surface area contributed by atoms with E-state index in [9.17, 15) is 4.79 Å². The second kappa shape index (κ2) is 5.87. The fraction of sp³-hybridized carbons (Fsp3) is 0.533. The minimum atomic E-state index is 0.167. The molecule has 1 aromatic rings. The van der Waals surface area contributed by atoms with Gasteiger partial charge in [0.2, 0.25) is 0 Å². The first-order valence-corrected chi connectivity index (χ1v) is 7.46. The molecule has 1 aliphatic rings. The van der Waals surface area contributed by atoms with E-state index in [1.807, 2.05) is 30.0 Å². The lowest BCUT2D eigenvalue weighted by atomic mass is 10.0. The Morgan fingerprint density at radius 3 is 2.94 bits per heavy atom. The number of benzene rings is 1. The molecule has 1 aromatic carbocycles. The van der Waals surface area contributed by atoms with Crippen LogP contribution in [-0.4, -0.2) is 23.9 Å². The van der Waals surface area contributed by atoms with E-state index in [1.54, 1.807) is 0 Å². The maximum absolute atomic E-state index is 12.4. The van der Waals surface area contributed by atoms with Gasteiger partial charge in [-0.3, -0.25) is 4.79 Å². The summed E-state index contributed by atoms with van der Waals surface area (Å²) < 4.78 is 0.909. The van der Waals surface area contributed by atoms with Gasteiger partial charge in [-0.2, -0.15) is 0 Å². The summed E-state index contributed by atoms with van der Waals surface area (Å²) in [6, 6.07) is 5.93. The summed E-state index contributed by atoms with van der Waals surface area (Å²) in [7, 11) is 0. The van der Waals surface area contributed by atoms with Crippen LogP contribution in [0.1, 0.15) is 42.1 Å². The van der Waals surface area contributed by atoms with Crippen molar-refractivity contribution in [3.05, 3.63) is 33.8 Å². The fourth-order valence-electron chi connectivity index (χ4n) is 2.62. The standard InChI is InChI=1S/C15H20BrNO/c1-3-4-12-7-8-17(10-12)15(18)13-6-5-11(2)9-14(13)16/h5-6,9,12H,3-4,7-8,10H2,1-2H3. The van der Waals surface area contributed by atoms with Gasteiger partial charge in [0.25, 0.3) is 5.91 Å². The summed E-state index contributed by atoms with van der Waals surface area (Å²) in [6.07, 6.45) is 3.60. The van der Waals surface area contributed by atoms with Crippen molar-refractivity contribution in [1.82, 2.24) is 4.90 Å². The van der Waals surface area contributed by atoms with Gasteiger partial charge in [0, 0.05) is 17.6 Å². The Morgan fingerprint density at radius 2 is 2.28 bits per heavy atom. The number of nitrogens with zero attached hydrogens (tertiary/aromatic N) is 1. The molecule has 1 heterocycles. The molecule has 0 spiro atoms. The molecule has 98 valence electrons. The average molecular weight is 310 g/mol. The van der Waals surface area contributed by atoms with Gasteiger partial charge < -0.3 is 4.90 Å². The molecule has 0 bridgehead atoms. The smallest absolute Gasteiger partial charge is 0.255 e. The highest BCUT2D eigenvalue weighted by Gasteiger charge is 2.27. The first-order valence-electron chi connectivity index (χ1n) is 6.67. The largest absolute Gasteiger partial charge is 0.338 e. The van der Waals surface area contributed by atoms with E-state index in [4.69, 9.17) is 0 Å². The third-order valence-corrected chi connectivity index (χ3v) is 4.28. The second-order valence-corrected chi connectivity index (χ2v) is 6.03. The number of hydrogen-bond acceptors (Lipinski definition) is 1. The number of carbonyl (C=O) groups excluding carboxylic acids is 1. The Labute approximate surface area is 117 Å². The molecule has 0 N–H and O–H groups in total. The fourth-order valence-corrected chi connectivity index (χ4v) is 3.29. The van der Waals surface area contributed by atoms with Crippen molar-refractivity contribution in [1.29, 1.82) is 0 Å². The summed E-state index contributed by atoms with van der Waals surface area (Å²) in [5.74, 6) is 0.864. The third-order valence-electron chi connectivity index (χ3n) is 3.62. The highest BCUT2D eigenvalue weighted by atomic mass is 79.9. The molecule has 1 fully saturated rings. The van der Waals surface area contributed by atoms with Crippen molar-refractivity contribution >= 4 is 21.8 Å². The van der Waals surface area contributed by atoms with Crippen molar-refractivity contribution in [2.45, 2.75) is 33.1 Å². The van der Waals surface area contributed by atoms with Crippen LogP contribution in [0.2, 0.25) is 0 Å². The third kappa shape index (κ3) is 2.94. The van der Waals surface area contributed by atoms with Crippen LogP contribution in [-0.2, 0) is 0 Å². The van der Waals surface area contributed by atoms with Gasteiger partial charge in [-0.05, 0) is 59.3 Å². The average Bonchev–Trinajstić information content (AvgIpc) is 2.77. The van der Waals surface area contributed by atoms with E-state index >= 15 is 0 Å². The lowest BCUT2D eigenvalue weighted by molar-refractivity contribution is 0.0785. The normalized spacial score (nSPS) is 19.3. The van der Waals surface area contributed by atoms with Crippen LogP contribution in [0.15, 0.2) is 22.7 Å². The number of hydrogen-bond donors (Lipinski definition) is 0. The zero-order valence-electron chi connectivity index (χ0n) is 11.1. The molecule has 0 aromatic heterocycles. The van der Waals surface area contributed by atoms with Crippen LogP contribution in [0.3, 0.4) is 0 Å². The zero-order valence-corrected chi connectivity index (χ0v) is 12.7. The molecular weight excluding hydrogens is 290 g/mol. The number of amides is 1. The molecule has 0 saturated carbocycles. The Balaban J connectivity index is 2.08. The molecule has 18 heavy (non-hydrogen) atoms. The summed E-state index contributed by atoms with van der Waals surface area (Å²) in [6.45, 7) is 6.07. The minimum absolute atomic E-state index is 0.167. The Bertz CT molecular complexity index is 444. The Morgan fingerprint density at radius 1 is 1.50 bits per heavy atom. The first-order chi connectivity index (χ1) is 8.61. The van der Waals surface area contributed by atoms with Crippen LogP contribution in [0.25, 0.3) is 0 Å². The van der Waals surface area contributed by atoms with E-state index < -0.39 is 0 Å². The molecular formula is C15H20BrNO. The monoisotopic (exact) mass is 309 g/mol. The van der Waals surface area contributed by atoms with Gasteiger partial charge in [0.1, 0.15) is 0 Å². The van der Waals surface area contributed by atoms with Crippen molar-refractivity contribution in [2.24, 2.45) is 5.92 Å². The molecule has 3 heteroatoms. The molecule has 1 saturated heterocycles. The van der Waals surface area contributed by atoms with Crippen LogP contribution >= 0.6 is 15.9 Å². The van der Waals surface area contributed by atoms with E-state index in [-0.39, 0.29) is 5.91 Å². The molecule has 0 radical (unpaired) electrons. The molecule has 0 aliphatic carbocycles. The second-order valence-electron chi connectivity index (χ2n) is 5.18. The number of likely N-dealkylation sites (tertiary alicyclic amines) is 1. The summed E-state index contributed by atoms with van der Waals surface area (Å²) in [5, 5.41) is 0. The van der Waals surface area contributed by atoms with Crippen molar-refractivity contribution in [2.75, 3.05) is 13.1 Å². The Kier molecular flexibility index (Phi) is 4.44.